The fourth-order valence-electron chi connectivity index (χ4n) is 3.46. The normalized spacial score (nSPS) is 11.4. The molecule has 0 spiro atoms. The van der Waals surface area contributed by atoms with E-state index >= 15 is 0 Å². The molecule has 0 aliphatic carbocycles. The molecule has 0 aliphatic rings. The Morgan fingerprint density at radius 3 is 2.18 bits per heavy atom. The van der Waals surface area contributed by atoms with Gasteiger partial charge in [0, 0.05) is 38.3 Å². The van der Waals surface area contributed by atoms with E-state index in [9.17, 15) is 9.59 Å². The van der Waals surface area contributed by atoms with Crippen LogP contribution in [0.15, 0.2) is 78.9 Å². The Balaban J connectivity index is 1.66. The summed E-state index contributed by atoms with van der Waals surface area (Å²) in [6.45, 7) is 4.90. The van der Waals surface area contributed by atoms with Crippen molar-refractivity contribution < 1.29 is 14.3 Å². The quantitative estimate of drug-likeness (QED) is 0.500. The van der Waals surface area contributed by atoms with E-state index in [0.29, 0.717) is 24.4 Å². The van der Waals surface area contributed by atoms with Gasteiger partial charge in [-0.3, -0.25) is 4.79 Å². The highest BCUT2D eigenvalue weighted by Gasteiger charge is 2.19. The van der Waals surface area contributed by atoms with E-state index in [1.807, 2.05) is 80.6 Å². The van der Waals surface area contributed by atoms with Gasteiger partial charge in [-0.2, -0.15) is 0 Å². The number of benzene rings is 3. The van der Waals surface area contributed by atoms with E-state index in [-0.39, 0.29) is 18.0 Å². The number of nitrogens with one attached hydrogen (secondary N) is 1. The standard InChI is InChI=1S/C27H31N3O3/c1-5-30(19-21-15-17-22(18-16-21)26(31)29(3)4)27(32)28-20(2)24-13-9-10-14-25(24)33-23-11-7-6-8-12-23/h6-18,20H,5,19H2,1-4H3,(H,28,32). The van der Waals surface area contributed by atoms with Gasteiger partial charge in [-0.05, 0) is 49.7 Å². The first-order valence-corrected chi connectivity index (χ1v) is 11.1. The maximum atomic E-state index is 13.0. The van der Waals surface area contributed by atoms with Gasteiger partial charge in [0.05, 0.1) is 6.04 Å². The number of carbonyl (C=O) groups excluding carboxylic acids is 2. The SMILES string of the molecule is CCN(Cc1ccc(C(=O)N(C)C)cc1)C(=O)NC(C)c1ccccc1Oc1ccccc1. The fourth-order valence-corrected chi connectivity index (χ4v) is 3.46. The summed E-state index contributed by atoms with van der Waals surface area (Å²) in [7, 11) is 3.45. The Bertz CT molecular complexity index is 1070. The van der Waals surface area contributed by atoms with Crippen molar-refractivity contribution in [1.29, 1.82) is 0 Å². The van der Waals surface area contributed by atoms with E-state index in [1.165, 1.54) is 0 Å². The van der Waals surface area contributed by atoms with Gasteiger partial charge < -0.3 is 19.9 Å². The van der Waals surface area contributed by atoms with Crippen LogP contribution >= 0.6 is 0 Å². The molecule has 3 amide bonds. The number of hydrogen-bond acceptors (Lipinski definition) is 3. The molecule has 3 aromatic carbocycles. The highest BCUT2D eigenvalue weighted by atomic mass is 16.5. The Hall–Kier alpha value is -3.80. The second-order valence-corrected chi connectivity index (χ2v) is 8.03. The van der Waals surface area contributed by atoms with Crippen LogP contribution in [0.4, 0.5) is 4.79 Å². The molecule has 172 valence electrons. The van der Waals surface area contributed by atoms with Gasteiger partial charge >= 0.3 is 6.03 Å². The molecule has 33 heavy (non-hydrogen) atoms. The van der Waals surface area contributed by atoms with E-state index in [4.69, 9.17) is 4.74 Å². The molecule has 0 heterocycles. The summed E-state index contributed by atoms with van der Waals surface area (Å²) in [5, 5.41) is 3.08. The lowest BCUT2D eigenvalue weighted by Crippen LogP contribution is -2.40. The molecule has 0 saturated carbocycles. The maximum absolute atomic E-state index is 13.0. The topological polar surface area (TPSA) is 61.9 Å². The maximum Gasteiger partial charge on any atom is 0.318 e. The van der Waals surface area contributed by atoms with Crippen molar-refractivity contribution in [1.82, 2.24) is 15.1 Å². The van der Waals surface area contributed by atoms with Gasteiger partial charge in [0.25, 0.3) is 5.91 Å². The third-order valence-corrected chi connectivity index (χ3v) is 5.35. The number of hydrogen-bond donors (Lipinski definition) is 1. The number of carbonyl (C=O) groups is 2. The van der Waals surface area contributed by atoms with Crippen molar-refractivity contribution in [2.24, 2.45) is 0 Å². The molecule has 0 aliphatic heterocycles. The lowest BCUT2D eigenvalue weighted by atomic mass is 10.1. The minimum atomic E-state index is -0.244. The van der Waals surface area contributed by atoms with Crippen LogP contribution in [0.1, 0.15) is 41.4 Å². The molecule has 0 bridgehead atoms. The summed E-state index contributed by atoms with van der Waals surface area (Å²) in [6.07, 6.45) is 0. The summed E-state index contributed by atoms with van der Waals surface area (Å²) >= 11 is 0. The molecular formula is C27H31N3O3. The molecule has 6 nitrogen and oxygen atoms in total. The van der Waals surface area contributed by atoms with Crippen molar-refractivity contribution in [2.45, 2.75) is 26.4 Å². The van der Waals surface area contributed by atoms with Crippen LogP contribution in [0, 0.1) is 0 Å². The monoisotopic (exact) mass is 445 g/mol. The molecule has 1 atom stereocenters. The second kappa shape index (κ2) is 11.2. The fraction of sp³-hybridized carbons (Fsp3) is 0.259. The predicted molar refractivity (Wildman–Crippen MR) is 130 cm³/mol. The van der Waals surface area contributed by atoms with E-state index in [0.717, 1.165) is 16.9 Å². The van der Waals surface area contributed by atoms with Crippen LogP contribution in [0.2, 0.25) is 0 Å². The van der Waals surface area contributed by atoms with Crippen molar-refractivity contribution in [3.8, 4) is 11.5 Å². The molecule has 6 heteroatoms. The van der Waals surface area contributed by atoms with E-state index in [2.05, 4.69) is 5.32 Å². The largest absolute Gasteiger partial charge is 0.457 e. The number of nitrogens with zero attached hydrogens (tertiary/aromatic N) is 2. The molecule has 1 unspecified atom stereocenters. The van der Waals surface area contributed by atoms with Crippen LogP contribution in [0.3, 0.4) is 0 Å². The number of urea groups is 1. The van der Waals surface area contributed by atoms with Gasteiger partial charge in [0.15, 0.2) is 0 Å². The zero-order valence-corrected chi connectivity index (χ0v) is 19.6. The first kappa shape index (κ1) is 23.9. The van der Waals surface area contributed by atoms with Gasteiger partial charge in [0.2, 0.25) is 0 Å². The predicted octanol–water partition coefficient (Wildman–Crippen LogP) is 5.47. The molecule has 0 aromatic heterocycles. The number of rotatable bonds is 8. The first-order valence-electron chi connectivity index (χ1n) is 11.1. The average molecular weight is 446 g/mol. The summed E-state index contributed by atoms with van der Waals surface area (Å²) in [5.41, 5.74) is 2.49. The highest BCUT2D eigenvalue weighted by molar-refractivity contribution is 5.93. The van der Waals surface area contributed by atoms with Gasteiger partial charge in [-0.1, -0.05) is 48.5 Å². The molecule has 0 saturated heterocycles. The number of ether oxygens (including phenoxy) is 1. The molecule has 1 N–H and O–H groups in total. The van der Waals surface area contributed by atoms with Crippen LogP contribution in [-0.4, -0.2) is 42.4 Å². The summed E-state index contributed by atoms with van der Waals surface area (Å²) in [5.74, 6) is 1.41. The Morgan fingerprint density at radius 1 is 0.909 bits per heavy atom. The van der Waals surface area contributed by atoms with Gasteiger partial charge in [-0.25, -0.2) is 4.79 Å². The molecular weight excluding hydrogens is 414 g/mol. The molecule has 3 aromatic rings. The number of para-hydroxylation sites is 2. The summed E-state index contributed by atoms with van der Waals surface area (Å²) in [6, 6.07) is 24.3. The van der Waals surface area contributed by atoms with Crippen LogP contribution in [0.25, 0.3) is 0 Å². The zero-order chi connectivity index (χ0) is 23.8. The minimum Gasteiger partial charge on any atom is -0.457 e. The first-order chi connectivity index (χ1) is 15.9. The van der Waals surface area contributed by atoms with Crippen molar-refractivity contribution in [3.63, 3.8) is 0 Å². The second-order valence-electron chi connectivity index (χ2n) is 8.03. The van der Waals surface area contributed by atoms with Crippen molar-refractivity contribution in [2.75, 3.05) is 20.6 Å². The van der Waals surface area contributed by atoms with Crippen molar-refractivity contribution >= 4 is 11.9 Å². The van der Waals surface area contributed by atoms with Crippen LogP contribution in [0.5, 0.6) is 11.5 Å². The minimum absolute atomic E-state index is 0.0446. The molecule has 0 radical (unpaired) electrons. The van der Waals surface area contributed by atoms with Gasteiger partial charge in [0.1, 0.15) is 11.5 Å². The van der Waals surface area contributed by atoms with E-state index in [1.54, 1.807) is 36.0 Å². The average Bonchev–Trinajstić information content (AvgIpc) is 2.83. The summed E-state index contributed by atoms with van der Waals surface area (Å²) < 4.78 is 6.05. The summed E-state index contributed by atoms with van der Waals surface area (Å²) in [4.78, 5) is 28.4. The smallest absolute Gasteiger partial charge is 0.318 e. The van der Waals surface area contributed by atoms with Gasteiger partial charge in [-0.15, -0.1) is 0 Å². The Labute approximate surface area is 195 Å². The van der Waals surface area contributed by atoms with Crippen molar-refractivity contribution in [3.05, 3.63) is 95.6 Å². The molecule has 0 fully saturated rings. The highest BCUT2D eigenvalue weighted by Crippen LogP contribution is 2.29. The van der Waals surface area contributed by atoms with E-state index < -0.39 is 0 Å². The third kappa shape index (κ3) is 6.35. The zero-order valence-electron chi connectivity index (χ0n) is 19.6. The third-order valence-electron chi connectivity index (χ3n) is 5.35. The number of amides is 3. The Morgan fingerprint density at radius 2 is 1.55 bits per heavy atom. The Kier molecular flexibility index (Phi) is 8.08. The van der Waals surface area contributed by atoms with Crippen LogP contribution < -0.4 is 10.1 Å². The molecule has 3 rings (SSSR count). The lowest BCUT2D eigenvalue weighted by molar-refractivity contribution is 0.0827. The van der Waals surface area contributed by atoms with Crippen LogP contribution in [-0.2, 0) is 6.54 Å². The lowest BCUT2D eigenvalue weighted by Gasteiger charge is -2.25.